The number of methoxy groups -OCH3 is 1. The Labute approximate surface area is 338 Å². The Morgan fingerprint density at radius 2 is 0.877 bits per heavy atom. The number of carboxylic acid groups (broad SMARTS) is 1. The minimum absolute atomic E-state index is 0.140. The second-order valence-corrected chi connectivity index (χ2v) is 15.1. The summed E-state index contributed by atoms with van der Waals surface area (Å²) in [5, 5.41) is 9.44. The molecular formula is C51H54O6. The van der Waals surface area contributed by atoms with Crippen LogP contribution in [0.5, 0.6) is 11.5 Å². The van der Waals surface area contributed by atoms with Gasteiger partial charge >= 0.3 is 11.9 Å². The van der Waals surface area contributed by atoms with Gasteiger partial charge in [0.05, 0.1) is 18.2 Å². The van der Waals surface area contributed by atoms with E-state index in [1.165, 1.54) is 7.11 Å². The molecule has 0 unspecified atom stereocenters. The summed E-state index contributed by atoms with van der Waals surface area (Å²) in [6, 6.07) is 40.3. The van der Waals surface area contributed by atoms with Gasteiger partial charge in [-0.15, -0.1) is 0 Å². The topological polar surface area (TPSA) is 82.1 Å². The average molecular weight is 763 g/mol. The maximum absolute atomic E-state index is 12.1. The molecule has 0 saturated carbocycles. The van der Waals surface area contributed by atoms with Crippen molar-refractivity contribution in [1.29, 1.82) is 0 Å². The van der Waals surface area contributed by atoms with Gasteiger partial charge in [0.15, 0.2) is 0 Å². The number of carboxylic acids is 1. The summed E-state index contributed by atoms with van der Waals surface area (Å²) in [6.45, 7) is 17.5. The van der Waals surface area contributed by atoms with Crippen molar-refractivity contribution in [2.45, 2.75) is 80.4 Å². The van der Waals surface area contributed by atoms with Crippen molar-refractivity contribution < 1.29 is 28.9 Å². The van der Waals surface area contributed by atoms with E-state index in [0.29, 0.717) is 24.3 Å². The highest BCUT2D eigenvalue weighted by Gasteiger charge is 2.18. The summed E-state index contributed by atoms with van der Waals surface area (Å²) in [5.41, 5.74) is 13.8. The summed E-state index contributed by atoms with van der Waals surface area (Å²) in [5.74, 6) is 1.01. The van der Waals surface area contributed by atoms with Crippen LogP contribution in [0.1, 0.15) is 105 Å². The third-order valence-corrected chi connectivity index (χ3v) is 10.0. The number of hydrogen-bond donors (Lipinski definition) is 1. The number of carbonyl (C=O) groups excluding carboxylic acids is 1. The highest BCUT2D eigenvalue weighted by Crippen LogP contribution is 2.35. The van der Waals surface area contributed by atoms with Gasteiger partial charge in [0.2, 0.25) is 0 Å². The highest BCUT2D eigenvalue weighted by atomic mass is 16.5. The summed E-state index contributed by atoms with van der Waals surface area (Å²) in [4.78, 5) is 23.6. The van der Waals surface area contributed by atoms with Gasteiger partial charge in [-0.3, -0.25) is 0 Å². The first-order valence-electron chi connectivity index (χ1n) is 19.4. The molecule has 6 nitrogen and oxygen atoms in total. The molecule has 0 aliphatic rings. The number of aromatic carboxylic acids is 1. The molecule has 0 amide bonds. The van der Waals surface area contributed by atoms with Gasteiger partial charge < -0.3 is 19.3 Å². The lowest BCUT2D eigenvalue weighted by Gasteiger charge is -2.16. The van der Waals surface area contributed by atoms with E-state index in [-0.39, 0.29) is 17.8 Å². The number of hydrogen-bond acceptors (Lipinski definition) is 5. The standard InChI is InChI=1S/C26H28O3.C25H26O3/c1-17(2)24-15-21(11-12-23(24)26(27)28-5)22-13-18(3)25(19(4)14-22)29-16-20-9-7-6-8-10-20;1-16(2)23-14-20(10-11-22(23)25(26)27)21-12-17(3)24(18(4)13-21)28-15-19-8-6-5-7-9-19/h6-15,17H,16H2,1-5H3;5-14,16H,15H2,1-4H3,(H,26,27). The van der Waals surface area contributed by atoms with Crippen molar-refractivity contribution in [2.75, 3.05) is 7.11 Å². The number of aryl methyl sites for hydroxylation is 4. The van der Waals surface area contributed by atoms with Crippen molar-refractivity contribution in [2.24, 2.45) is 0 Å². The van der Waals surface area contributed by atoms with Gasteiger partial charge in [-0.2, -0.15) is 0 Å². The van der Waals surface area contributed by atoms with Crippen LogP contribution in [0.4, 0.5) is 0 Å². The van der Waals surface area contributed by atoms with Crippen LogP contribution in [-0.2, 0) is 18.0 Å². The molecule has 6 rings (SSSR count). The molecule has 6 aromatic carbocycles. The van der Waals surface area contributed by atoms with Crippen LogP contribution in [0.2, 0.25) is 0 Å². The van der Waals surface area contributed by atoms with Gasteiger partial charge in [-0.1, -0.05) is 113 Å². The van der Waals surface area contributed by atoms with Gasteiger partial charge in [0, 0.05) is 0 Å². The average Bonchev–Trinajstić information content (AvgIpc) is 3.20. The largest absolute Gasteiger partial charge is 0.488 e. The molecule has 6 aromatic rings. The summed E-state index contributed by atoms with van der Waals surface area (Å²) in [6.07, 6.45) is 0. The van der Waals surface area contributed by atoms with E-state index in [0.717, 1.165) is 78.3 Å². The fourth-order valence-corrected chi connectivity index (χ4v) is 7.08. The fourth-order valence-electron chi connectivity index (χ4n) is 7.08. The third kappa shape index (κ3) is 10.6. The normalized spacial score (nSPS) is 10.9. The monoisotopic (exact) mass is 762 g/mol. The fraction of sp³-hybridized carbons (Fsp3) is 0.255. The molecule has 0 aliphatic heterocycles. The Balaban J connectivity index is 0.000000218. The van der Waals surface area contributed by atoms with Crippen molar-refractivity contribution in [1.82, 2.24) is 0 Å². The number of rotatable bonds is 12. The first kappa shape index (κ1) is 42.0. The van der Waals surface area contributed by atoms with Gasteiger partial charge in [-0.05, 0) is 143 Å². The molecule has 0 bridgehead atoms. The molecule has 0 spiro atoms. The van der Waals surface area contributed by atoms with Crippen molar-refractivity contribution >= 4 is 11.9 Å². The lowest BCUT2D eigenvalue weighted by Crippen LogP contribution is -2.07. The van der Waals surface area contributed by atoms with E-state index >= 15 is 0 Å². The van der Waals surface area contributed by atoms with Crippen LogP contribution < -0.4 is 9.47 Å². The lowest BCUT2D eigenvalue weighted by atomic mass is 9.91. The Hall–Kier alpha value is -6.14. The zero-order chi connectivity index (χ0) is 41.2. The second-order valence-electron chi connectivity index (χ2n) is 15.1. The van der Waals surface area contributed by atoms with E-state index in [9.17, 15) is 14.7 Å². The molecule has 0 radical (unpaired) electrons. The summed E-state index contributed by atoms with van der Waals surface area (Å²) in [7, 11) is 1.42. The number of benzene rings is 6. The summed E-state index contributed by atoms with van der Waals surface area (Å²) >= 11 is 0. The third-order valence-electron chi connectivity index (χ3n) is 10.0. The van der Waals surface area contributed by atoms with Crippen LogP contribution in [0, 0.1) is 27.7 Å². The molecule has 0 fully saturated rings. The molecule has 0 saturated heterocycles. The number of carbonyl (C=O) groups is 2. The Morgan fingerprint density at radius 1 is 0.509 bits per heavy atom. The highest BCUT2D eigenvalue weighted by molar-refractivity contribution is 5.92. The van der Waals surface area contributed by atoms with E-state index in [1.807, 2.05) is 88.4 Å². The zero-order valence-corrected chi connectivity index (χ0v) is 34.6. The molecule has 6 heteroatoms. The van der Waals surface area contributed by atoms with Crippen LogP contribution >= 0.6 is 0 Å². The van der Waals surface area contributed by atoms with Crippen molar-refractivity contribution in [3.8, 4) is 33.8 Å². The molecular weight excluding hydrogens is 709 g/mol. The Morgan fingerprint density at radius 3 is 1.23 bits per heavy atom. The molecule has 57 heavy (non-hydrogen) atoms. The molecule has 0 atom stereocenters. The predicted octanol–water partition coefficient (Wildman–Crippen LogP) is 12.8. The zero-order valence-electron chi connectivity index (χ0n) is 34.6. The second kappa shape index (κ2) is 19.1. The quantitative estimate of drug-likeness (QED) is 0.125. The van der Waals surface area contributed by atoms with E-state index in [1.54, 1.807) is 6.07 Å². The maximum atomic E-state index is 12.1. The first-order chi connectivity index (χ1) is 27.3. The number of ether oxygens (including phenoxy) is 3. The van der Waals surface area contributed by atoms with Gasteiger partial charge in [0.1, 0.15) is 24.7 Å². The van der Waals surface area contributed by atoms with Crippen LogP contribution in [0.15, 0.2) is 121 Å². The van der Waals surface area contributed by atoms with Gasteiger partial charge in [-0.25, -0.2) is 9.59 Å². The van der Waals surface area contributed by atoms with E-state index in [2.05, 4.69) is 82.3 Å². The minimum atomic E-state index is -0.882. The number of esters is 1. The van der Waals surface area contributed by atoms with Crippen molar-refractivity contribution in [3.63, 3.8) is 0 Å². The van der Waals surface area contributed by atoms with Crippen LogP contribution in [-0.4, -0.2) is 24.2 Å². The van der Waals surface area contributed by atoms with Crippen LogP contribution in [0.25, 0.3) is 22.3 Å². The van der Waals surface area contributed by atoms with E-state index < -0.39 is 5.97 Å². The van der Waals surface area contributed by atoms with Gasteiger partial charge in [0.25, 0.3) is 0 Å². The maximum Gasteiger partial charge on any atom is 0.338 e. The molecule has 0 aliphatic carbocycles. The molecule has 294 valence electrons. The minimum Gasteiger partial charge on any atom is -0.488 e. The van der Waals surface area contributed by atoms with Crippen LogP contribution in [0.3, 0.4) is 0 Å². The SMILES string of the molecule is COC(=O)c1ccc(-c2cc(C)c(OCc3ccccc3)c(C)c2)cc1C(C)C.Cc1cc(-c2ccc(C(=O)O)c(C(C)C)c2)cc(C)c1OCc1ccccc1. The summed E-state index contributed by atoms with van der Waals surface area (Å²) < 4.78 is 17.1. The Bertz CT molecular complexity index is 2280. The lowest BCUT2D eigenvalue weighted by molar-refractivity contribution is 0.0598. The molecule has 0 heterocycles. The van der Waals surface area contributed by atoms with Crippen molar-refractivity contribution in [3.05, 3.63) is 177 Å². The smallest absolute Gasteiger partial charge is 0.338 e. The predicted molar refractivity (Wildman–Crippen MR) is 231 cm³/mol. The Kier molecular flexibility index (Phi) is 14.1. The molecule has 0 aromatic heterocycles. The van der Waals surface area contributed by atoms with E-state index in [4.69, 9.17) is 14.2 Å². The first-order valence-corrected chi connectivity index (χ1v) is 19.4. The molecule has 1 N–H and O–H groups in total.